The Bertz CT molecular complexity index is 1400. The van der Waals surface area contributed by atoms with Crippen molar-refractivity contribution < 1.29 is 4.79 Å². The molecule has 5 rings (SSSR count). The van der Waals surface area contributed by atoms with Gasteiger partial charge < -0.3 is 13.7 Å². The number of nitrogens with one attached hydrogen (secondary N) is 1. The first-order valence-corrected chi connectivity index (χ1v) is 10.2. The predicted molar refractivity (Wildman–Crippen MR) is 117 cm³/mol. The summed E-state index contributed by atoms with van der Waals surface area (Å²) in [5.41, 5.74) is 5.86. The second kappa shape index (κ2) is 7.55. The van der Waals surface area contributed by atoms with Crippen molar-refractivity contribution in [1.82, 2.24) is 33.9 Å². The maximum absolute atomic E-state index is 13.3. The van der Waals surface area contributed by atoms with E-state index in [1.165, 1.54) is 6.20 Å². The lowest BCUT2D eigenvalue weighted by Crippen LogP contribution is -2.30. The van der Waals surface area contributed by atoms with Crippen LogP contribution in [-0.2, 0) is 13.1 Å². The minimum atomic E-state index is -0.150. The predicted octanol–water partition coefficient (Wildman–Crippen LogP) is 3.82. The number of imidazole rings is 2. The van der Waals surface area contributed by atoms with E-state index in [2.05, 4.69) is 20.2 Å². The second-order valence-corrected chi connectivity index (χ2v) is 8.00. The molecule has 0 atom stereocenters. The molecule has 0 aromatic carbocycles. The molecule has 156 valence electrons. The third-order valence-corrected chi connectivity index (χ3v) is 5.75. The second-order valence-electron chi connectivity index (χ2n) is 7.59. The quantitative estimate of drug-likeness (QED) is 0.456. The first-order chi connectivity index (χ1) is 15.0. The van der Waals surface area contributed by atoms with Crippen LogP contribution in [0, 0.1) is 13.8 Å². The number of aromatic nitrogens is 6. The number of aromatic amines is 1. The van der Waals surface area contributed by atoms with Crippen molar-refractivity contribution >= 4 is 28.7 Å². The topological polar surface area (TPSA) is 83.6 Å². The highest BCUT2D eigenvalue weighted by Crippen LogP contribution is 2.24. The largest absolute Gasteiger partial charge is 0.327 e. The first kappa shape index (κ1) is 19.3. The maximum Gasteiger partial charge on any atom is 0.257 e. The van der Waals surface area contributed by atoms with E-state index in [0.29, 0.717) is 23.7 Å². The third-order valence-electron chi connectivity index (χ3n) is 5.34. The smallest absolute Gasteiger partial charge is 0.257 e. The fourth-order valence-electron chi connectivity index (χ4n) is 3.78. The Morgan fingerprint density at radius 3 is 2.84 bits per heavy atom. The molecule has 5 aromatic rings. The average Bonchev–Trinajstić information content (AvgIpc) is 3.49. The van der Waals surface area contributed by atoms with E-state index in [1.54, 1.807) is 17.4 Å². The minimum absolute atomic E-state index is 0.150. The summed E-state index contributed by atoms with van der Waals surface area (Å²) in [6, 6.07) is 5.82. The SMILES string of the molecule is Cc1ccc2nc(CN(Cc3ncn4ccc(Cl)c(C)c34)C(=O)c3cn[nH]c3)cn2c1. The monoisotopic (exact) mass is 433 g/mol. The number of hydrogen-bond donors (Lipinski definition) is 1. The van der Waals surface area contributed by atoms with Gasteiger partial charge in [-0.2, -0.15) is 5.10 Å². The van der Waals surface area contributed by atoms with Crippen LogP contribution in [0.5, 0.6) is 0 Å². The van der Waals surface area contributed by atoms with Gasteiger partial charge in [0.15, 0.2) is 0 Å². The van der Waals surface area contributed by atoms with Crippen LogP contribution in [0.3, 0.4) is 0 Å². The molecule has 31 heavy (non-hydrogen) atoms. The first-order valence-electron chi connectivity index (χ1n) is 9.82. The van der Waals surface area contributed by atoms with E-state index in [0.717, 1.165) is 33.7 Å². The van der Waals surface area contributed by atoms with Crippen molar-refractivity contribution in [3.63, 3.8) is 0 Å². The molecule has 5 heterocycles. The molecule has 0 spiro atoms. The Hall–Kier alpha value is -3.65. The van der Waals surface area contributed by atoms with Crippen molar-refractivity contribution in [3.8, 4) is 0 Å². The van der Waals surface area contributed by atoms with Crippen LogP contribution in [0.15, 0.2) is 55.5 Å². The fourth-order valence-corrected chi connectivity index (χ4v) is 3.93. The Morgan fingerprint density at radius 1 is 1.16 bits per heavy atom. The van der Waals surface area contributed by atoms with Gasteiger partial charge in [-0.3, -0.25) is 9.89 Å². The molecule has 0 saturated heterocycles. The molecule has 1 N–H and O–H groups in total. The highest BCUT2D eigenvalue weighted by molar-refractivity contribution is 6.31. The molecule has 8 nitrogen and oxygen atoms in total. The Morgan fingerprint density at radius 2 is 2.03 bits per heavy atom. The number of fused-ring (bicyclic) bond motifs is 2. The van der Waals surface area contributed by atoms with Crippen LogP contribution in [-0.4, -0.2) is 39.8 Å². The number of carbonyl (C=O) groups is 1. The number of rotatable bonds is 5. The van der Waals surface area contributed by atoms with Gasteiger partial charge in [-0.15, -0.1) is 0 Å². The maximum atomic E-state index is 13.3. The van der Waals surface area contributed by atoms with E-state index in [9.17, 15) is 4.79 Å². The number of aryl methyl sites for hydroxylation is 2. The van der Waals surface area contributed by atoms with Gasteiger partial charge in [-0.25, -0.2) is 9.97 Å². The summed E-state index contributed by atoms with van der Waals surface area (Å²) in [5.74, 6) is -0.150. The van der Waals surface area contributed by atoms with Gasteiger partial charge in [0, 0.05) is 29.8 Å². The highest BCUT2D eigenvalue weighted by Gasteiger charge is 2.22. The standard InChI is InChI=1S/C22H20ClN7O/c1-14-3-4-20-27-17(10-29(20)9-14)11-30(22(31)16-7-25-26-8-16)12-19-21-15(2)18(23)5-6-28(21)13-24-19/h3-10,13H,11-12H2,1-2H3,(H,25,26). The number of halogens is 1. The van der Waals surface area contributed by atoms with Crippen molar-refractivity contribution in [2.45, 2.75) is 26.9 Å². The molecule has 0 unspecified atom stereocenters. The molecule has 0 aliphatic heterocycles. The summed E-state index contributed by atoms with van der Waals surface area (Å²) in [6.07, 6.45) is 10.7. The molecule has 0 bridgehead atoms. The Labute approximate surface area is 183 Å². The summed E-state index contributed by atoms with van der Waals surface area (Å²) in [6.45, 7) is 4.64. The van der Waals surface area contributed by atoms with Crippen molar-refractivity contribution in [3.05, 3.63) is 88.6 Å². The molecule has 0 radical (unpaired) electrons. The average molecular weight is 434 g/mol. The number of carbonyl (C=O) groups excluding carboxylic acids is 1. The number of nitrogens with zero attached hydrogens (tertiary/aromatic N) is 6. The number of pyridine rings is 2. The van der Waals surface area contributed by atoms with Crippen LogP contribution in [0.4, 0.5) is 0 Å². The van der Waals surface area contributed by atoms with Crippen molar-refractivity contribution in [1.29, 1.82) is 0 Å². The molecular weight excluding hydrogens is 414 g/mol. The summed E-state index contributed by atoms with van der Waals surface area (Å²) in [4.78, 5) is 24.2. The summed E-state index contributed by atoms with van der Waals surface area (Å²) in [7, 11) is 0. The number of amides is 1. The lowest BCUT2D eigenvalue weighted by atomic mass is 10.2. The lowest BCUT2D eigenvalue weighted by Gasteiger charge is -2.20. The zero-order valence-electron chi connectivity index (χ0n) is 17.1. The van der Waals surface area contributed by atoms with Gasteiger partial charge in [0.25, 0.3) is 5.91 Å². The molecule has 0 saturated carbocycles. The van der Waals surface area contributed by atoms with Crippen molar-refractivity contribution in [2.24, 2.45) is 0 Å². The Kier molecular flexibility index (Phi) is 4.71. The summed E-state index contributed by atoms with van der Waals surface area (Å²) < 4.78 is 3.89. The minimum Gasteiger partial charge on any atom is -0.327 e. The fraction of sp³-hybridized carbons (Fsp3) is 0.182. The molecule has 0 aliphatic carbocycles. The van der Waals surface area contributed by atoms with Crippen LogP contribution >= 0.6 is 11.6 Å². The van der Waals surface area contributed by atoms with Gasteiger partial charge in [-0.05, 0) is 37.1 Å². The lowest BCUT2D eigenvalue weighted by molar-refractivity contribution is 0.0727. The molecular formula is C22H20ClN7O. The van der Waals surface area contributed by atoms with E-state index >= 15 is 0 Å². The molecule has 5 aromatic heterocycles. The van der Waals surface area contributed by atoms with E-state index in [-0.39, 0.29) is 5.91 Å². The van der Waals surface area contributed by atoms with Crippen LogP contribution < -0.4 is 0 Å². The molecule has 0 fully saturated rings. The summed E-state index contributed by atoms with van der Waals surface area (Å²) >= 11 is 6.34. The highest BCUT2D eigenvalue weighted by atomic mass is 35.5. The molecule has 9 heteroatoms. The van der Waals surface area contributed by atoms with Crippen LogP contribution in [0.2, 0.25) is 5.02 Å². The van der Waals surface area contributed by atoms with Gasteiger partial charge in [-0.1, -0.05) is 17.7 Å². The number of H-pyrrole nitrogens is 1. The van der Waals surface area contributed by atoms with E-state index < -0.39 is 0 Å². The van der Waals surface area contributed by atoms with Gasteiger partial charge in [0.1, 0.15) is 5.65 Å². The normalized spacial score (nSPS) is 11.5. The van der Waals surface area contributed by atoms with Gasteiger partial charge in [0.05, 0.1) is 48.1 Å². The van der Waals surface area contributed by atoms with E-state index in [1.807, 2.05) is 59.4 Å². The van der Waals surface area contributed by atoms with Gasteiger partial charge >= 0.3 is 0 Å². The zero-order valence-corrected chi connectivity index (χ0v) is 17.8. The number of hydrogen-bond acceptors (Lipinski definition) is 4. The van der Waals surface area contributed by atoms with Crippen LogP contribution in [0.1, 0.15) is 32.9 Å². The van der Waals surface area contributed by atoms with Crippen LogP contribution in [0.25, 0.3) is 11.2 Å². The third kappa shape index (κ3) is 3.55. The van der Waals surface area contributed by atoms with Crippen molar-refractivity contribution in [2.75, 3.05) is 0 Å². The van der Waals surface area contributed by atoms with Gasteiger partial charge in [0.2, 0.25) is 0 Å². The Balaban J connectivity index is 1.53. The van der Waals surface area contributed by atoms with E-state index in [4.69, 9.17) is 11.6 Å². The zero-order chi connectivity index (χ0) is 21.5. The summed E-state index contributed by atoms with van der Waals surface area (Å²) in [5, 5.41) is 7.29. The molecule has 0 aliphatic rings. The molecule has 1 amide bonds.